The van der Waals surface area contributed by atoms with Gasteiger partial charge in [0.2, 0.25) is 0 Å². The van der Waals surface area contributed by atoms with Crippen LogP contribution >= 0.6 is 11.6 Å². The summed E-state index contributed by atoms with van der Waals surface area (Å²) in [6.07, 6.45) is 3.44. The maximum Gasteiger partial charge on any atom is 0.345 e. The normalized spacial score (nSPS) is 11.3. The summed E-state index contributed by atoms with van der Waals surface area (Å²) in [6.45, 7) is 0. The Balaban J connectivity index is 1.59. The summed E-state index contributed by atoms with van der Waals surface area (Å²) in [6, 6.07) is 26.1. The molecule has 0 spiro atoms. The van der Waals surface area contributed by atoms with E-state index < -0.39 is 5.63 Å². The molecule has 156 valence electrons. The zero-order valence-corrected chi connectivity index (χ0v) is 17.5. The monoisotopic (exact) mass is 440 g/mol. The number of anilines is 1. The first-order valence-corrected chi connectivity index (χ1v) is 10.3. The molecule has 0 bridgehead atoms. The van der Waals surface area contributed by atoms with Gasteiger partial charge in [-0.15, -0.1) is 0 Å². The van der Waals surface area contributed by atoms with Crippen LogP contribution < -0.4 is 11.1 Å². The molecular formula is C25H17ClN4O2. The fraction of sp³-hybridized carbons (Fsp3) is 0. The number of para-hydroxylation sites is 2. The van der Waals surface area contributed by atoms with E-state index in [0.29, 0.717) is 27.4 Å². The zero-order chi connectivity index (χ0) is 21.9. The van der Waals surface area contributed by atoms with Crippen LogP contribution in [0.25, 0.3) is 27.9 Å². The Morgan fingerprint density at radius 1 is 0.969 bits per heavy atom. The van der Waals surface area contributed by atoms with Gasteiger partial charge < -0.3 is 4.42 Å². The summed E-state index contributed by atoms with van der Waals surface area (Å²) in [5.41, 5.74) is 6.13. The summed E-state index contributed by atoms with van der Waals surface area (Å²) >= 11 is 6.03. The van der Waals surface area contributed by atoms with E-state index in [1.165, 1.54) is 0 Å². The lowest BCUT2D eigenvalue weighted by molar-refractivity contribution is 0.563. The molecule has 0 saturated carbocycles. The number of fused-ring (bicyclic) bond motifs is 1. The van der Waals surface area contributed by atoms with Crippen LogP contribution in [0.1, 0.15) is 5.56 Å². The first-order valence-electron chi connectivity index (χ1n) is 9.90. The summed E-state index contributed by atoms with van der Waals surface area (Å²) in [5.74, 6) is 0. The Morgan fingerprint density at radius 2 is 1.78 bits per heavy atom. The van der Waals surface area contributed by atoms with Crippen molar-refractivity contribution in [3.05, 3.63) is 112 Å². The summed E-state index contributed by atoms with van der Waals surface area (Å²) in [7, 11) is 0. The van der Waals surface area contributed by atoms with Gasteiger partial charge in [-0.1, -0.05) is 54.1 Å². The van der Waals surface area contributed by atoms with Crippen molar-refractivity contribution < 1.29 is 4.42 Å². The van der Waals surface area contributed by atoms with Crippen molar-refractivity contribution in [3.8, 4) is 16.9 Å². The van der Waals surface area contributed by atoms with E-state index in [-0.39, 0.29) is 0 Å². The molecule has 6 nitrogen and oxygen atoms in total. The van der Waals surface area contributed by atoms with Crippen molar-refractivity contribution in [3.63, 3.8) is 0 Å². The van der Waals surface area contributed by atoms with Crippen molar-refractivity contribution in [2.45, 2.75) is 0 Å². The third-order valence-electron chi connectivity index (χ3n) is 4.88. The SMILES string of the molecule is O=c1oc2ccccc2cc1-c1nn(-c2ccccc2)cc1/C=N/Nc1cccc(Cl)c1. The molecule has 5 aromatic rings. The van der Waals surface area contributed by atoms with Crippen molar-refractivity contribution in [2.24, 2.45) is 5.10 Å². The lowest BCUT2D eigenvalue weighted by atomic mass is 10.1. The van der Waals surface area contributed by atoms with Gasteiger partial charge in [-0.25, -0.2) is 9.48 Å². The molecule has 0 aliphatic heterocycles. The Labute approximate surface area is 188 Å². The minimum absolute atomic E-state index is 0.364. The Hall–Kier alpha value is -4.16. The van der Waals surface area contributed by atoms with Gasteiger partial charge >= 0.3 is 5.63 Å². The van der Waals surface area contributed by atoms with Crippen molar-refractivity contribution >= 4 is 34.5 Å². The number of nitrogens with zero attached hydrogens (tertiary/aromatic N) is 3. The molecule has 0 radical (unpaired) electrons. The number of hydrogen-bond donors (Lipinski definition) is 1. The van der Waals surface area contributed by atoms with Gasteiger partial charge in [0.05, 0.1) is 23.2 Å². The second kappa shape index (κ2) is 8.53. The maximum absolute atomic E-state index is 12.8. The highest BCUT2D eigenvalue weighted by molar-refractivity contribution is 6.30. The largest absolute Gasteiger partial charge is 0.422 e. The number of rotatable bonds is 5. The molecular weight excluding hydrogens is 424 g/mol. The molecule has 2 heterocycles. The summed E-state index contributed by atoms with van der Waals surface area (Å²) in [4.78, 5) is 12.8. The van der Waals surface area contributed by atoms with Crippen molar-refractivity contribution in [2.75, 3.05) is 5.43 Å². The van der Waals surface area contributed by atoms with Crippen LogP contribution in [-0.2, 0) is 0 Å². The van der Waals surface area contributed by atoms with Gasteiger partial charge in [0, 0.05) is 22.2 Å². The minimum atomic E-state index is -0.459. The van der Waals surface area contributed by atoms with E-state index >= 15 is 0 Å². The van der Waals surface area contributed by atoms with Crippen LogP contribution in [0.2, 0.25) is 5.02 Å². The number of hydrogen-bond acceptors (Lipinski definition) is 5. The van der Waals surface area contributed by atoms with Crippen LogP contribution in [0.3, 0.4) is 0 Å². The highest BCUT2D eigenvalue weighted by Crippen LogP contribution is 2.24. The van der Waals surface area contributed by atoms with E-state index in [1.807, 2.05) is 66.9 Å². The quantitative estimate of drug-likeness (QED) is 0.215. The number of hydrazone groups is 1. The number of aromatic nitrogens is 2. The standard InChI is InChI=1S/C25H17ClN4O2/c26-19-8-6-9-20(14-19)28-27-15-18-16-30(21-10-2-1-3-11-21)29-24(18)22-13-17-7-4-5-12-23(17)32-25(22)31/h1-16,28H/b27-15+. The second-order valence-electron chi connectivity index (χ2n) is 7.08. The molecule has 2 aromatic heterocycles. The average molecular weight is 441 g/mol. The second-order valence-corrected chi connectivity index (χ2v) is 7.52. The zero-order valence-electron chi connectivity index (χ0n) is 16.8. The molecule has 3 aromatic carbocycles. The molecule has 0 unspecified atom stereocenters. The highest BCUT2D eigenvalue weighted by Gasteiger charge is 2.16. The van der Waals surface area contributed by atoms with Crippen LogP contribution in [-0.4, -0.2) is 16.0 Å². The molecule has 5 rings (SSSR count). The molecule has 1 N–H and O–H groups in total. The van der Waals surface area contributed by atoms with E-state index in [0.717, 1.165) is 16.8 Å². The molecule has 7 heteroatoms. The molecule has 0 aliphatic rings. The predicted octanol–water partition coefficient (Wildman–Crippen LogP) is 5.75. The Morgan fingerprint density at radius 3 is 2.62 bits per heavy atom. The van der Waals surface area contributed by atoms with Crippen LogP contribution in [0, 0.1) is 0 Å². The predicted molar refractivity (Wildman–Crippen MR) is 128 cm³/mol. The molecule has 0 amide bonds. The lowest BCUT2D eigenvalue weighted by Crippen LogP contribution is -2.05. The van der Waals surface area contributed by atoms with E-state index in [4.69, 9.17) is 16.0 Å². The van der Waals surface area contributed by atoms with Crippen LogP contribution in [0.4, 0.5) is 5.69 Å². The molecule has 0 aliphatic carbocycles. The maximum atomic E-state index is 12.8. The smallest absolute Gasteiger partial charge is 0.345 e. The van der Waals surface area contributed by atoms with Gasteiger partial charge in [0.1, 0.15) is 11.3 Å². The van der Waals surface area contributed by atoms with Crippen LogP contribution in [0.5, 0.6) is 0 Å². The highest BCUT2D eigenvalue weighted by atomic mass is 35.5. The van der Waals surface area contributed by atoms with Gasteiger partial charge in [0.15, 0.2) is 0 Å². The molecule has 0 fully saturated rings. The van der Waals surface area contributed by atoms with E-state index in [2.05, 4.69) is 15.6 Å². The first-order chi connectivity index (χ1) is 15.7. The first kappa shape index (κ1) is 19.8. The summed E-state index contributed by atoms with van der Waals surface area (Å²) < 4.78 is 7.24. The fourth-order valence-corrected chi connectivity index (χ4v) is 3.56. The van der Waals surface area contributed by atoms with E-state index in [1.54, 1.807) is 35.2 Å². The van der Waals surface area contributed by atoms with Crippen molar-refractivity contribution in [1.29, 1.82) is 0 Å². The molecule has 32 heavy (non-hydrogen) atoms. The Bertz CT molecular complexity index is 1490. The average Bonchev–Trinajstić information content (AvgIpc) is 3.23. The topological polar surface area (TPSA) is 72.4 Å². The van der Waals surface area contributed by atoms with E-state index in [9.17, 15) is 4.79 Å². The molecule has 0 atom stereocenters. The molecule has 0 saturated heterocycles. The van der Waals surface area contributed by atoms with Gasteiger partial charge in [0.25, 0.3) is 0 Å². The lowest BCUT2D eigenvalue weighted by Gasteiger charge is -2.02. The third-order valence-corrected chi connectivity index (χ3v) is 5.12. The van der Waals surface area contributed by atoms with Gasteiger partial charge in [-0.2, -0.15) is 10.2 Å². The van der Waals surface area contributed by atoms with Gasteiger partial charge in [-0.3, -0.25) is 5.43 Å². The number of benzene rings is 3. The fourth-order valence-electron chi connectivity index (χ4n) is 3.37. The Kier molecular flexibility index (Phi) is 5.27. The van der Waals surface area contributed by atoms with Gasteiger partial charge in [-0.05, 0) is 42.5 Å². The summed E-state index contributed by atoms with van der Waals surface area (Å²) in [5, 5.41) is 10.4. The third kappa shape index (κ3) is 4.04. The number of nitrogens with one attached hydrogen (secondary N) is 1. The van der Waals surface area contributed by atoms with Crippen LogP contribution in [0.15, 0.2) is 105 Å². The minimum Gasteiger partial charge on any atom is -0.422 e. The number of halogens is 1. The van der Waals surface area contributed by atoms with Crippen molar-refractivity contribution in [1.82, 2.24) is 9.78 Å².